The average Bonchev–Trinajstić information content (AvgIpc) is 2.92. The number of halogens is 1. The van der Waals surface area contributed by atoms with Crippen LogP contribution in [0.2, 0.25) is 5.28 Å². The third-order valence-electron chi connectivity index (χ3n) is 4.33. The molecule has 2 aliphatic rings. The van der Waals surface area contributed by atoms with E-state index in [4.69, 9.17) is 16.3 Å². The Bertz CT molecular complexity index is 630. The summed E-state index contributed by atoms with van der Waals surface area (Å²) in [5.74, 6) is 0.943. The highest BCUT2D eigenvalue weighted by molar-refractivity contribution is 6.28. The summed E-state index contributed by atoms with van der Waals surface area (Å²) in [7, 11) is 0. The number of nitrogens with zero attached hydrogens (tertiary/aromatic N) is 3. The summed E-state index contributed by atoms with van der Waals surface area (Å²) in [6.07, 6.45) is 4.65. The van der Waals surface area contributed by atoms with Crippen LogP contribution in [0.4, 0.5) is 10.6 Å². The van der Waals surface area contributed by atoms with E-state index in [-0.39, 0.29) is 12.1 Å². The largest absolute Gasteiger partial charge is 0.444 e. The van der Waals surface area contributed by atoms with Crippen molar-refractivity contribution in [2.24, 2.45) is 0 Å². The van der Waals surface area contributed by atoms with Crippen LogP contribution in [0.1, 0.15) is 51.3 Å². The first-order valence-electron chi connectivity index (χ1n) is 8.61. The molecule has 0 saturated carbocycles. The van der Waals surface area contributed by atoms with Gasteiger partial charge in [0.1, 0.15) is 11.4 Å². The lowest BCUT2D eigenvalue weighted by Crippen LogP contribution is -2.49. The van der Waals surface area contributed by atoms with Gasteiger partial charge >= 0.3 is 6.09 Å². The van der Waals surface area contributed by atoms with Gasteiger partial charge in [-0.2, -0.15) is 0 Å². The molecule has 1 saturated heterocycles. The molecule has 1 aromatic rings. The third-order valence-corrected chi connectivity index (χ3v) is 4.49. The van der Waals surface area contributed by atoms with Crippen LogP contribution in [-0.2, 0) is 17.6 Å². The van der Waals surface area contributed by atoms with Crippen LogP contribution in [0.5, 0.6) is 0 Å². The zero-order valence-corrected chi connectivity index (χ0v) is 15.3. The van der Waals surface area contributed by atoms with Gasteiger partial charge in [-0.1, -0.05) is 0 Å². The molecule has 2 heterocycles. The van der Waals surface area contributed by atoms with Crippen molar-refractivity contribution in [1.82, 2.24) is 15.3 Å². The molecule has 1 amide bonds. The quantitative estimate of drug-likeness (QED) is 0.828. The van der Waals surface area contributed by atoms with Gasteiger partial charge in [0, 0.05) is 24.7 Å². The molecule has 3 rings (SSSR count). The number of amides is 1. The van der Waals surface area contributed by atoms with E-state index in [0.717, 1.165) is 56.7 Å². The average molecular weight is 353 g/mol. The summed E-state index contributed by atoms with van der Waals surface area (Å²) in [4.78, 5) is 23.1. The van der Waals surface area contributed by atoms with E-state index in [1.807, 2.05) is 20.8 Å². The van der Waals surface area contributed by atoms with Crippen LogP contribution in [-0.4, -0.2) is 40.8 Å². The Kier molecular flexibility index (Phi) is 4.85. The minimum Gasteiger partial charge on any atom is -0.444 e. The smallest absolute Gasteiger partial charge is 0.407 e. The maximum atomic E-state index is 12.0. The summed E-state index contributed by atoms with van der Waals surface area (Å²) in [5.41, 5.74) is 1.81. The number of carbonyl (C=O) groups is 1. The van der Waals surface area contributed by atoms with Gasteiger partial charge in [0.2, 0.25) is 5.28 Å². The van der Waals surface area contributed by atoms with Gasteiger partial charge in [0.15, 0.2) is 0 Å². The van der Waals surface area contributed by atoms with Crippen LogP contribution in [0, 0.1) is 0 Å². The highest BCUT2D eigenvalue weighted by atomic mass is 35.5. The predicted octanol–water partition coefficient (Wildman–Crippen LogP) is 3.11. The lowest BCUT2D eigenvalue weighted by Gasteiger charge is -2.35. The lowest BCUT2D eigenvalue weighted by atomic mass is 10.0. The van der Waals surface area contributed by atoms with Gasteiger partial charge in [0.25, 0.3) is 0 Å². The fraction of sp³-hybridized carbons (Fsp3) is 0.706. The van der Waals surface area contributed by atoms with Gasteiger partial charge in [-0.3, -0.25) is 0 Å². The Morgan fingerprint density at radius 3 is 2.83 bits per heavy atom. The maximum Gasteiger partial charge on any atom is 0.407 e. The van der Waals surface area contributed by atoms with E-state index in [0.29, 0.717) is 5.28 Å². The van der Waals surface area contributed by atoms with Crippen molar-refractivity contribution in [3.05, 3.63) is 16.5 Å². The Hall–Kier alpha value is -1.56. The highest BCUT2D eigenvalue weighted by Crippen LogP contribution is 2.31. The molecule has 1 aliphatic carbocycles. The summed E-state index contributed by atoms with van der Waals surface area (Å²) in [6.45, 7) is 7.25. The second-order valence-corrected chi connectivity index (χ2v) is 7.86. The Labute approximate surface area is 147 Å². The van der Waals surface area contributed by atoms with E-state index in [1.54, 1.807) is 0 Å². The molecule has 132 valence electrons. The Balaban J connectivity index is 1.69. The van der Waals surface area contributed by atoms with Gasteiger partial charge in [0.05, 0.1) is 5.69 Å². The zero-order chi connectivity index (χ0) is 17.3. The van der Waals surface area contributed by atoms with E-state index in [2.05, 4.69) is 20.2 Å². The molecule has 24 heavy (non-hydrogen) atoms. The van der Waals surface area contributed by atoms with Gasteiger partial charge in [-0.05, 0) is 64.5 Å². The summed E-state index contributed by atoms with van der Waals surface area (Å²) >= 11 is 6.10. The highest BCUT2D eigenvalue weighted by Gasteiger charge is 2.28. The number of aromatic nitrogens is 2. The molecule has 0 unspecified atom stereocenters. The Morgan fingerprint density at radius 2 is 2.08 bits per heavy atom. The van der Waals surface area contributed by atoms with Crippen LogP contribution in [0.15, 0.2) is 0 Å². The second-order valence-electron chi connectivity index (χ2n) is 7.53. The van der Waals surface area contributed by atoms with Gasteiger partial charge < -0.3 is 15.0 Å². The monoisotopic (exact) mass is 352 g/mol. The fourth-order valence-electron chi connectivity index (χ4n) is 3.41. The van der Waals surface area contributed by atoms with Crippen molar-refractivity contribution in [3.63, 3.8) is 0 Å². The van der Waals surface area contributed by atoms with Gasteiger partial charge in [-0.25, -0.2) is 14.8 Å². The van der Waals surface area contributed by atoms with E-state index >= 15 is 0 Å². The molecular weight excluding hydrogens is 328 g/mol. The van der Waals surface area contributed by atoms with Crippen LogP contribution >= 0.6 is 11.6 Å². The van der Waals surface area contributed by atoms with E-state index in [9.17, 15) is 4.79 Å². The summed E-state index contributed by atoms with van der Waals surface area (Å²) < 4.78 is 5.36. The minimum atomic E-state index is -0.487. The fourth-order valence-corrected chi connectivity index (χ4v) is 3.59. The van der Waals surface area contributed by atoms with Gasteiger partial charge in [-0.15, -0.1) is 0 Å². The van der Waals surface area contributed by atoms with Crippen molar-refractivity contribution in [2.45, 2.75) is 64.5 Å². The SMILES string of the molecule is CC(C)(C)OC(=O)N[C@@H]1CCCN(c2nc(Cl)nc3c2CCC3)C1. The van der Waals surface area contributed by atoms with Crippen molar-refractivity contribution < 1.29 is 9.53 Å². The third kappa shape index (κ3) is 4.09. The van der Waals surface area contributed by atoms with Crippen molar-refractivity contribution in [1.29, 1.82) is 0 Å². The lowest BCUT2D eigenvalue weighted by molar-refractivity contribution is 0.0500. The van der Waals surface area contributed by atoms with E-state index < -0.39 is 5.60 Å². The molecule has 1 atom stereocenters. The maximum absolute atomic E-state index is 12.0. The number of piperidine rings is 1. The number of alkyl carbamates (subject to hydrolysis) is 1. The zero-order valence-electron chi connectivity index (χ0n) is 14.6. The molecule has 1 fully saturated rings. The number of ether oxygens (including phenoxy) is 1. The summed E-state index contributed by atoms with van der Waals surface area (Å²) in [5, 5.41) is 3.29. The van der Waals surface area contributed by atoms with Crippen LogP contribution in [0.3, 0.4) is 0 Å². The number of aryl methyl sites for hydroxylation is 1. The van der Waals surface area contributed by atoms with Crippen molar-refractivity contribution >= 4 is 23.5 Å². The van der Waals surface area contributed by atoms with Crippen molar-refractivity contribution in [3.8, 4) is 0 Å². The first-order valence-corrected chi connectivity index (χ1v) is 8.99. The molecule has 0 radical (unpaired) electrons. The number of anilines is 1. The number of fused-ring (bicyclic) bond motifs is 1. The number of hydrogen-bond acceptors (Lipinski definition) is 5. The Morgan fingerprint density at radius 1 is 1.29 bits per heavy atom. The van der Waals surface area contributed by atoms with Crippen LogP contribution < -0.4 is 10.2 Å². The standard InChI is InChI=1S/C17H25ClN4O2/c1-17(2,3)24-16(23)19-11-6-5-9-22(10-11)14-12-7-4-8-13(12)20-15(18)21-14/h11H,4-10H2,1-3H3,(H,19,23)/t11-/m1/s1. The molecule has 0 aromatic carbocycles. The molecule has 1 aromatic heterocycles. The minimum absolute atomic E-state index is 0.0550. The number of nitrogens with one attached hydrogen (secondary N) is 1. The molecule has 7 heteroatoms. The van der Waals surface area contributed by atoms with Crippen molar-refractivity contribution in [2.75, 3.05) is 18.0 Å². The molecule has 0 bridgehead atoms. The number of carbonyl (C=O) groups excluding carboxylic acids is 1. The van der Waals surface area contributed by atoms with E-state index in [1.165, 1.54) is 5.56 Å². The number of hydrogen-bond donors (Lipinski definition) is 1. The molecule has 1 N–H and O–H groups in total. The summed E-state index contributed by atoms with van der Waals surface area (Å²) in [6, 6.07) is 0.0550. The molecule has 6 nitrogen and oxygen atoms in total. The molecule has 0 spiro atoms. The first kappa shape index (κ1) is 17.3. The van der Waals surface area contributed by atoms with Crippen LogP contribution in [0.25, 0.3) is 0 Å². The normalized spacial score (nSPS) is 20.7. The topological polar surface area (TPSA) is 67.3 Å². The second kappa shape index (κ2) is 6.75. The first-order chi connectivity index (χ1) is 11.3. The predicted molar refractivity (Wildman–Crippen MR) is 93.7 cm³/mol. The molecular formula is C17H25ClN4O2. The molecule has 1 aliphatic heterocycles. The number of rotatable bonds is 2.